The first-order valence-corrected chi connectivity index (χ1v) is 0. The van der Waals surface area contributed by atoms with Crippen LogP contribution in [0.15, 0.2) is 0 Å². The third-order valence-electron chi connectivity index (χ3n) is 0. The Kier molecular flexibility index (Phi) is 8510. The summed E-state index contributed by atoms with van der Waals surface area (Å²) in [6, 6.07) is 0. The number of hydrogen-bond acceptors (Lipinski definition) is 0. The van der Waals surface area contributed by atoms with Crippen LogP contribution in [0.2, 0.25) is 0 Å². The second kappa shape index (κ2) is 301. The van der Waals surface area contributed by atoms with Crippen molar-refractivity contribution in [2.75, 3.05) is 0 Å². The van der Waals surface area contributed by atoms with E-state index in [-0.39, 0.29) is 154 Å². The molecule has 0 aliphatic heterocycles. The van der Waals surface area contributed by atoms with Crippen molar-refractivity contribution >= 4 is 0 Å². The third kappa shape index (κ3) is 260. The molecule has 0 fully saturated rings. The van der Waals surface area contributed by atoms with E-state index >= 15 is 0 Å². The van der Waals surface area contributed by atoms with Gasteiger partial charge in [-0.25, -0.2) is 0 Å². The maximum atomic E-state index is 0. The van der Waals surface area contributed by atoms with E-state index in [4.69, 9.17) is 0 Å². The van der Waals surface area contributed by atoms with Gasteiger partial charge >= 0.3 is 111 Å². The Balaban J connectivity index is 0. The SMILES string of the molecule is [Cr+3].[Cr+3].[Cr+3].[N-3].[N-3].[N-3].[N-3].[N-3].[N-3].[N-3].[Ru+4].[Ru+4].[Ru+4]. The normalized spacial score (nSPS) is 0. The standard InChI is InChI=1S/3Cr.7N.3Ru/q3*+3;7*-3;3*+4. The van der Waals surface area contributed by atoms with E-state index in [1.807, 2.05) is 0 Å². The maximum absolute atomic E-state index is 0. The fraction of sp³-hybridized carbons (Fsp3) is 0. The van der Waals surface area contributed by atoms with Gasteiger partial charge in [0, 0.05) is 0 Å². The fourth-order valence-corrected chi connectivity index (χ4v) is 0. The van der Waals surface area contributed by atoms with Crippen molar-refractivity contribution in [1.82, 2.24) is 0 Å². The van der Waals surface area contributed by atoms with E-state index in [0.717, 1.165) is 0 Å². The molecule has 0 saturated carbocycles. The first-order valence-electron chi connectivity index (χ1n) is 0. The minimum atomic E-state index is 0. The minimum Gasteiger partial charge on any atom is -3.00 e. The molecule has 0 unspecified atom stereocenters. The second-order valence-electron chi connectivity index (χ2n) is 0. The first-order chi connectivity index (χ1) is 0. The molecule has 0 amide bonds. The molecule has 0 saturated heterocycles. The van der Waals surface area contributed by atoms with Crippen LogP contribution in [0.25, 0.3) is 43.1 Å². The van der Waals surface area contributed by atoms with Gasteiger partial charge < -0.3 is 43.1 Å². The maximum Gasteiger partial charge on any atom is 4.00 e. The molecule has 0 aromatic rings. The molecule has 0 bridgehead atoms. The van der Waals surface area contributed by atoms with E-state index in [9.17, 15) is 0 Å². The summed E-state index contributed by atoms with van der Waals surface area (Å²) in [6.45, 7) is 0. The van der Waals surface area contributed by atoms with Crippen molar-refractivity contribution in [1.29, 1.82) is 0 Å². The predicted octanol–water partition coefficient (Wildman–Crippen LogP) is 2.01. The van der Waals surface area contributed by atoms with Gasteiger partial charge in [-0.15, -0.1) is 0 Å². The van der Waals surface area contributed by atoms with Crippen molar-refractivity contribution < 1.29 is 111 Å². The van der Waals surface area contributed by atoms with E-state index in [2.05, 4.69) is 0 Å². The van der Waals surface area contributed by atoms with Gasteiger partial charge in [0.1, 0.15) is 0 Å². The smallest absolute Gasteiger partial charge is 3.00 e. The van der Waals surface area contributed by atoms with Crippen LogP contribution < -0.4 is 0 Å². The van der Waals surface area contributed by atoms with Crippen molar-refractivity contribution in [2.24, 2.45) is 0 Å². The van der Waals surface area contributed by atoms with E-state index in [1.165, 1.54) is 0 Å². The van der Waals surface area contributed by atoms with Gasteiger partial charge in [0.05, 0.1) is 0 Å². The average molecular weight is 557 g/mol. The van der Waals surface area contributed by atoms with Crippen LogP contribution >= 0.6 is 0 Å². The van der Waals surface area contributed by atoms with Crippen LogP contribution in [0.3, 0.4) is 0 Å². The van der Waals surface area contributed by atoms with Crippen LogP contribution in [0.1, 0.15) is 0 Å². The Bertz CT molecular complexity index is 18.9. The summed E-state index contributed by atoms with van der Waals surface area (Å²) < 4.78 is 0. The number of nitrogens with zero attached hydrogens (tertiary/aromatic N) is 7. The summed E-state index contributed by atoms with van der Waals surface area (Å²) in [5.74, 6) is 0. The molecule has 3 radical (unpaired) electrons. The van der Waals surface area contributed by atoms with Crippen LogP contribution in [0.4, 0.5) is 0 Å². The fourth-order valence-electron chi connectivity index (χ4n) is 0. The molecule has 13 heteroatoms. The van der Waals surface area contributed by atoms with Crippen LogP contribution in [0, 0.1) is 0 Å². The molecule has 0 aromatic carbocycles. The van der Waals surface area contributed by atoms with E-state index in [1.54, 1.807) is 0 Å². The largest absolute Gasteiger partial charge is 4.00 e. The van der Waals surface area contributed by atoms with Gasteiger partial charge in [-0.1, -0.05) is 0 Å². The quantitative estimate of drug-likeness (QED) is 0.391. The van der Waals surface area contributed by atoms with Gasteiger partial charge in [0.15, 0.2) is 0 Å². The topological polar surface area (TPSA) is 214 Å². The molecule has 0 atom stereocenters. The van der Waals surface area contributed by atoms with Crippen LogP contribution in [-0.2, 0) is 111 Å². The Morgan fingerprint density at radius 1 is 0.231 bits per heavy atom. The van der Waals surface area contributed by atoms with Crippen molar-refractivity contribution in [3.8, 4) is 0 Å². The van der Waals surface area contributed by atoms with Crippen LogP contribution in [-0.4, -0.2) is 0 Å². The number of hydrogen-bond donors (Lipinski definition) is 0. The third-order valence-corrected chi connectivity index (χ3v) is 0. The molecule has 7 nitrogen and oxygen atoms in total. The van der Waals surface area contributed by atoms with Gasteiger partial charge in [-0.2, -0.15) is 0 Å². The molecular weight excluding hydrogens is 557 g/mol. The predicted molar refractivity (Wildman–Crippen MR) is 23.5 cm³/mol. The summed E-state index contributed by atoms with van der Waals surface area (Å²) >= 11 is 0. The van der Waals surface area contributed by atoms with Crippen molar-refractivity contribution in [3.63, 3.8) is 0 Å². The summed E-state index contributed by atoms with van der Waals surface area (Å²) in [7, 11) is 0. The Morgan fingerprint density at radius 3 is 0.231 bits per heavy atom. The monoisotopic (exact) mass is 560 g/mol. The zero-order valence-electron chi connectivity index (χ0n) is 5.42. The Labute approximate surface area is 152 Å². The van der Waals surface area contributed by atoms with Crippen molar-refractivity contribution in [2.45, 2.75) is 0 Å². The first kappa shape index (κ1) is 367. The molecule has 0 rings (SSSR count). The van der Waals surface area contributed by atoms with Gasteiger partial charge in [-0.3, -0.25) is 0 Å². The molecule has 0 spiro atoms. The molecule has 0 aromatic heterocycles. The van der Waals surface area contributed by atoms with Crippen LogP contribution in [0.5, 0.6) is 0 Å². The average Bonchev–Trinajstić information content (AvgIpc) is 0. The molecular formula is Cr3N7Ru3. The summed E-state index contributed by atoms with van der Waals surface area (Å²) in [4.78, 5) is 0. The summed E-state index contributed by atoms with van der Waals surface area (Å²) in [6.07, 6.45) is 0. The minimum absolute atomic E-state index is 0. The van der Waals surface area contributed by atoms with Crippen molar-refractivity contribution in [3.05, 3.63) is 43.1 Å². The zero-order chi connectivity index (χ0) is 0. The molecule has 0 N–H and O–H groups in total. The van der Waals surface area contributed by atoms with E-state index < -0.39 is 0 Å². The number of rotatable bonds is 0. The second-order valence-corrected chi connectivity index (χ2v) is 0. The molecule has 77 valence electrons. The molecule has 0 aliphatic rings. The molecule has 0 heterocycles. The zero-order valence-corrected chi connectivity index (χ0v) is 14.5. The molecule has 0 aliphatic carbocycles. The summed E-state index contributed by atoms with van der Waals surface area (Å²) in [5.41, 5.74) is 0. The molecule has 13 heavy (non-hydrogen) atoms. The van der Waals surface area contributed by atoms with Gasteiger partial charge in [-0.05, 0) is 0 Å². The van der Waals surface area contributed by atoms with E-state index in [0.29, 0.717) is 0 Å². The van der Waals surface area contributed by atoms with Gasteiger partial charge in [0.2, 0.25) is 0 Å². The Hall–Kier alpha value is 3.19. The Morgan fingerprint density at radius 2 is 0.231 bits per heavy atom. The van der Waals surface area contributed by atoms with Gasteiger partial charge in [0.25, 0.3) is 0 Å². The summed E-state index contributed by atoms with van der Waals surface area (Å²) in [5, 5.41) is 0.